The molecule has 0 radical (unpaired) electrons. The summed E-state index contributed by atoms with van der Waals surface area (Å²) >= 11 is 0. The van der Waals surface area contributed by atoms with Crippen molar-refractivity contribution in [1.82, 2.24) is 5.32 Å². The number of carbonyl (C=O) groups is 1. The zero-order valence-electron chi connectivity index (χ0n) is 7.84. The van der Waals surface area contributed by atoms with Gasteiger partial charge in [0.15, 0.2) is 0 Å². The molecule has 0 aromatic heterocycles. The molecule has 0 fully saturated rings. The first-order chi connectivity index (χ1) is 7.13. The van der Waals surface area contributed by atoms with E-state index >= 15 is 0 Å². The third-order valence-corrected chi connectivity index (χ3v) is 1.71. The van der Waals surface area contributed by atoms with Crippen molar-refractivity contribution >= 4 is 11.6 Å². The van der Waals surface area contributed by atoms with Crippen LogP contribution >= 0.6 is 0 Å². The van der Waals surface area contributed by atoms with Crippen LogP contribution in [0.15, 0.2) is 24.3 Å². The first kappa shape index (κ1) is 11.4. The summed E-state index contributed by atoms with van der Waals surface area (Å²) in [6.07, 6.45) is -2.55. The Hall–Kier alpha value is -1.69. The minimum Gasteiger partial charge on any atom is -0.346 e. The summed E-state index contributed by atoms with van der Waals surface area (Å²) in [5.74, 6) is 4.59. The van der Waals surface area contributed by atoms with Crippen LogP contribution in [-0.2, 0) is 0 Å². The lowest BCUT2D eigenvalue weighted by Gasteiger charge is -2.05. The number of hydrazine groups is 1. The molecule has 1 aromatic rings. The number of hydrogen-bond acceptors (Lipinski definition) is 3. The van der Waals surface area contributed by atoms with E-state index in [1.54, 1.807) is 12.1 Å². The van der Waals surface area contributed by atoms with E-state index in [2.05, 4.69) is 10.7 Å². The maximum Gasteiger partial charge on any atom is 0.255 e. The standard InChI is InChI=1S/C9H11F2N3O/c10-8(11)5-13-9(15)6-2-1-3-7(4-6)14-12/h1-4,8,14H,5,12H2,(H,13,15). The van der Waals surface area contributed by atoms with Crippen molar-refractivity contribution in [2.45, 2.75) is 6.43 Å². The highest BCUT2D eigenvalue weighted by atomic mass is 19.3. The lowest BCUT2D eigenvalue weighted by molar-refractivity contribution is 0.0892. The van der Waals surface area contributed by atoms with Crippen LogP contribution in [0.2, 0.25) is 0 Å². The Bertz CT molecular complexity index is 344. The second-order valence-electron chi connectivity index (χ2n) is 2.83. The molecule has 0 aliphatic rings. The van der Waals surface area contributed by atoms with Crippen LogP contribution in [0.1, 0.15) is 10.4 Å². The molecule has 0 bridgehead atoms. The molecule has 1 aromatic carbocycles. The van der Waals surface area contributed by atoms with E-state index in [-0.39, 0.29) is 5.56 Å². The molecule has 0 spiro atoms. The summed E-state index contributed by atoms with van der Waals surface area (Å²) in [6.45, 7) is -0.654. The number of nitrogen functional groups attached to an aromatic ring is 1. The van der Waals surface area contributed by atoms with E-state index in [9.17, 15) is 13.6 Å². The van der Waals surface area contributed by atoms with Crippen molar-refractivity contribution in [2.75, 3.05) is 12.0 Å². The maximum absolute atomic E-state index is 11.8. The van der Waals surface area contributed by atoms with Gasteiger partial charge in [0, 0.05) is 11.3 Å². The highest BCUT2D eigenvalue weighted by Crippen LogP contribution is 2.08. The molecule has 1 rings (SSSR count). The Morgan fingerprint density at radius 2 is 2.20 bits per heavy atom. The van der Waals surface area contributed by atoms with Crippen LogP contribution in [0.25, 0.3) is 0 Å². The van der Waals surface area contributed by atoms with E-state index in [0.29, 0.717) is 5.69 Å². The number of amides is 1. The smallest absolute Gasteiger partial charge is 0.255 e. The molecule has 0 aliphatic heterocycles. The summed E-state index contributed by atoms with van der Waals surface area (Å²) in [5.41, 5.74) is 3.18. The van der Waals surface area contributed by atoms with Crippen molar-refractivity contribution < 1.29 is 13.6 Å². The van der Waals surface area contributed by atoms with Gasteiger partial charge < -0.3 is 10.7 Å². The van der Waals surface area contributed by atoms with Crippen LogP contribution < -0.4 is 16.6 Å². The molecular weight excluding hydrogens is 204 g/mol. The van der Waals surface area contributed by atoms with Gasteiger partial charge in [-0.3, -0.25) is 10.6 Å². The Morgan fingerprint density at radius 1 is 1.47 bits per heavy atom. The average Bonchev–Trinajstić information content (AvgIpc) is 2.26. The molecule has 0 saturated carbocycles. The van der Waals surface area contributed by atoms with Gasteiger partial charge in [-0.25, -0.2) is 8.78 Å². The predicted octanol–water partition coefficient (Wildman–Crippen LogP) is 0.967. The molecule has 15 heavy (non-hydrogen) atoms. The lowest BCUT2D eigenvalue weighted by atomic mass is 10.2. The number of halogens is 2. The number of nitrogens with one attached hydrogen (secondary N) is 2. The van der Waals surface area contributed by atoms with Gasteiger partial charge in [-0.1, -0.05) is 6.07 Å². The number of hydrogen-bond donors (Lipinski definition) is 3. The lowest BCUT2D eigenvalue weighted by Crippen LogP contribution is -2.28. The SMILES string of the molecule is NNc1cccc(C(=O)NCC(F)F)c1. The molecule has 0 heterocycles. The van der Waals surface area contributed by atoms with Crippen molar-refractivity contribution in [1.29, 1.82) is 0 Å². The number of nitrogens with two attached hydrogens (primary N) is 1. The highest BCUT2D eigenvalue weighted by Gasteiger charge is 2.08. The van der Waals surface area contributed by atoms with Crippen molar-refractivity contribution in [3.8, 4) is 0 Å². The molecule has 6 heteroatoms. The molecule has 0 aliphatic carbocycles. The quantitative estimate of drug-likeness (QED) is 0.517. The van der Waals surface area contributed by atoms with Crippen molar-refractivity contribution in [2.24, 2.45) is 5.84 Å². The van der Waals surface area contributed by atoms with E-state index in [1.165, 1.54) is 12.1 Å². The third-order valence-electron chi connectivity index (χ3n) is 1.71. The fourth-order valence-corrected chi connectivity index (χ4v) is 1.02. The predicted molar refractivity (Wildman–Crippen MR) is 52.6 cm³/mol. The first-order valence-electron chi connectivity index (χ1n) is 4.26. The summed E-state index contributed by atoms with van der Waals surface area (Å²) in [4.78, 5) is 11.3. The minimum absolute atomic E-state index is 0.283. The largest absolute Gasteiger partial charge is 0.346 e. The van der Waals surface area contributed by atoms with E-state index in [4.69, 9.17) is 5.84 Å². The normalized spacial score (nSPS) is 10.1. The molecule has 0 saturated heterocycles. The van der Waals surface area contributed by atoms with Crippen molar-refractivity contribution in [3.05, 3.63) is 29.8 Å². The fourth-order valence-electron chi connectivity index (χ4n) is 1.02. The van der Waals surface area contributed by atoms with Crippen LogP contribution in [0.4, 0.5) is 14.5 Å². The summed E-state index contributed by atoms with van der Waals surface area (Å²) in [7, 11) is 0. The maximum atomic E-state index is 11.8. The van der Waals surface area contributed by atoms with E-state index < -0.39 is 18.9 Å². The van der Waals surface area contributed by atoms with Crippen LogP contribution in [0.3, 0.4) is 0 Å². The van der Waals surface area contributed by atoms with Gasteiger partial charge in [0.1, 0.15) is 0 Å². The number of rotatable bonds is 4. The second kappa shape index (κ2) is 5.26. The fraction of sp³-hybridized carbons (Fsp3) is 0.222. The Kier molecular flexibility index (Phi) is 3.99. The van der Waals surface area contributed by atoms with Crippen LogP contribution in [0, 0.1) is 0 Å². The third kappa shape index (κ3) is 3.51. The van der Waals surface area contributed by atoms with E-state index in [1.807, 2.05) is 0 Å². The molecule has 0 unspecified atom stereocenters. The van der Waals surface area contributed by atoms with Crippen LogP contribution in [0.5, 0.6) is 0 Å². The van der Waals surface area contributed by atoms with Gasteiger partial charge in [0.2, 0.25) is 0 Å². The van der Waals surface area contributed by atoms with Crippen LogP contribution in [-0.4, -0.2) is 18.9 Å². The van der Waals surface area contributed by atoms with Crippen molar-refractivity contribution in [3.63, 3.8) is 0 Å². The Labute approximate surface area is 85.4 Å². The summed E-state index contributed by atoms with van der Waals surface area (Å²) < 4.78 is 23.6. The monoisotopic (exact) mass is 215 g/mol. The summed E-state index contributed by atoms with van der Waals surface area (Å²) in [6, 6.07) is 6.25. The number of carbonyl (C=O) groups excluding carboxylic acids is 1. The number of alkyl halides is 2. The molecule has 0 atom stereocenters. The van der Waals surface area contributed by atoms with Gasteiger partial charge in [-0.2, -0.15) is 0 Å². The van der Waals surface area contributed by atoms with Gasteiger partial charge in [-0.15, -0.1) is 0 Å². The average molecular weight is 215 g/mol. The minimum atomic E-state index is -2.55. The van der Waals surface area contributed by atoms with Gasteiger partial charge in [0.05, 0.1) is 6.54 Å². The van der Waals surface area contributed by atoms with Gasteiger partial charge in [-0.05, 0) is 18.2 Å². The molecule has 4 nitrogen and oxygen atoms in total. The highest BCUT2D eigenvalue weighted by molar-refractivity contribution is 5.95. The Balaban J connectivity index is 2.65. The van der Waals surface area contributed by atoms with E-state index in [0.717, 1.165) is 0 Å². The molecule has 1 amide bonds. The van der Waals surface area contributed by atoms with Gasteiger partial charge >= 0.3 is 0 Å². The molecular formula is C9H11F2N3O. The number of benzene rings is 1. The zero-order valence-corrected chi connectivity index (χ0v) is 7.84. The second-order valence-corrected chi connectivity index (χ2v) is 2.83. The first-order valence-corrected chi connectivity index (χ1v) is 4.26. The van der Waals surface area contributed by atoms with Gasteiger partial charge in [0.25, 0.3) is 12.3 Å². The number of anilines is 1. The summed E-state index contributed by atoms with van der Waals surface area (Å²) in [5, 5.41) is 2.09. The molecule has 4 N–H and O–H groups in total. The Morgan fingerprint density at radius 3 is 2.80 bits per heavy atom. The molecule has 82 valence electrons. The zero-order chi connectivity index (χ0) is 11.3. The topological polar surface area (TPSA) is 67.1 Å².